The van der Waals surface area contributed by atoms with E-state index in [9.17, 15) is 0 Å². The standard InChI is InChI=1S/C16H38N4O/c1-5-9-17-19(11-7-3)13-15-21-16-14-20(12-8-4)18-10-6-2/h17-18H,5-16H2,1-4H3. The van der Waals surface area contributed by atoms with E-state index in [0.717, 1.165) is 65.3 Å². The average Bonchev–Trinajstić information content (AvgIpc) is 2.49. The maximum atomic E-state index is 5.78. The molecular formula is C16H38N4O. The van der Waals surface area contributed by atoms with Crippen molar-refractivity contribution >= 4 is 0 Å². The summed E-state index contributed by atoms with van der Waals surface area (Å²) in [5.74, 6) is 0. The Morgan fingerprint density at radius 3 is 1.38 bits per heavy atom. The topological polar surface area (TPSA) is 39.8 Å². The summed E-state index contributed by atoms with van der Waals surface area (Å²) in [6.45, 7) is 16.6. The maximum absolute atomic E-state index is 5.78. The van der Waals surface area contributed by atoms with Crippen molar-refractivity contribution in [3.8, 4) is 0 Å². The van der Waals surface area contributed by atoms with Gasteiger partial charge >= 0.3 is 0 Å². The minimum atomic E-state index is 0.796. The van der Waals surface area contributed by atoms with E-state index in [2.05, 4.69) is 48.6 Å². The van der Waals surface area contributed by atoms with Gasteiger partial charge in [-0.1, -0.05) is 27.7 Å². The molecular weight excluding hydrogens is 264 g/mol. The Labute approximate surface area is 132 Å². The third kappa shape index (κ3) is 13.2. The van der Waals surface area contributed by atoms with Gasteiger partial charge in [-0.15, -0.1) is 0 Å². The Bertz CT molecular complexity index is 185. The molecule has 0 unspecified atom stereocenters. The molecule has 21 heavy (non-hydrogen) atoms. The minimum absolute atomic E-state index is 0.796. The predicted molar refractivity (Wildman–Crippen MR) is 91.1 cm³/mol. The fraction of sp³-hybridized carbons (Fsp3) is 1.00. The van der Waals surface area contributed by atoms with Gasteiger partial charge in [-0.25, -0.2) is 10.0 Å². The van der Waals surface area contributed by atoms with Crippen molar-refractivity contribution in [2.45, 2.75) is 53.4 Å². The summed E-state index contributed by atoms with van der Waals surface area (Å²) in [5.41, 5.74) is 6.90. The van der Waals surface area contributed by atoms with Crippen molar-refractivity contribution in [2.24, 2.45) is 0 Å². The Kier molecular flexibility index (Phi) is 16.0. The molecule has 5 nitrogen and oxygen atoms in total. The molecule has 0 aromatic heterocycles. The quantitative estimate of drug-likeness (QED) is 0.338. The van der Waals surface area contributed by atoms with Crippen molar-refractivity contribution in [3.05, 3.63) is 0 Å². The molecule has 0 atom stereocenters. The van der Waals surface area contributed by atoms with Gasteiger partial charge < -0.3 is 4.74 Å². The molecule has 0 rings (SSSR count). The molecule has 0 saturated carbocycles. The highest BCUT2D eigenvalue weighted by Gasteiger charge is 2.04. The second-order valence-electron chi connectivity index (χ2n) is 5.40. The fourth-order valence-electron chi connectivity index (χ4n) is 2.07. The Morgan fingerprint density at radius 1 is 0.619 bits per heavy atom. The van der Waals surface area contributed by atoms with Gasteiger partial charge in [0.2, 0.25) is 0 Å². The molecule has 0 saturated heterocycles. The van der Waals surface area contributed by atoms with E-state index in [1.807, 2.05) is 0 Å². The number of nitrogens with zero attached hydrogens (tertiary/aromatic N) is 2. The zero-order chi connectivity index (χ0) is 15.8. The summed E-state index contributed by atoms with van der Waals surface area (Å²) >= 11 is 0. The summed E-state index contributed by atoms with van der Waals surface area (Å²) < 4.78 is 5.78. The van der Waals surface area contributed by atoms with Crippen LogP contribution in [0.2, 0.25) is 0 Å². The van der Waals surface area contributed by atoms with Crippen LogP contribution in [0.1, 0.15) is 53.4 Å². The zero-order valence-corrected chi connectivity index (χ0v) is 14.8. The van der Waals surface area contributed by atoms with Crippen LogP contribution in [-0.4, -0.2) is 62.5 Å². The Morgan fingerprint density at radius 2 is 1.05 bits per heavy atom. The Balaban J connectivity index is 3.69. The second-order valence-corrected chi connectivity index (χ2v) is 5.40. The van der Waals surface area contributed by atoms with E-state index in [1.165, 1.54) is 12.8 Å². The third-order valence-corrected chi connectivity index (χ3v) is 3.17. The molecule has 5 heteroatoms. The van der Waals surface area contributed by atoms with Crippen molar-refractivity contribution in [2.75, 3.05) is 52.5 Å². The lowest BCUT2D eigenvalue weighted by Gasteiger charge is -2.24. The first-order valence-electron chi connectivity index (χ1n) is 8.83. The molecule has 128 valence electrons. The van der Waals surface area contributed by atoms with Crippen LogP contribution in [0.4, 0.5) is 0 Å². The van der Waals surface area contributed by atoms with Gasteiger partial charge in [0.25, 0.3) is 0 Å². The Hall–Kier alpha value is -0.200. The lowest BCUT2D eigenvalue weighted by atomic mass is 10.4. The van der Waals surface area contributed by atoms with Crippen molar-refractivity contribution in [3.63, 3.8) is 0 Å². The van der Waals surface area contributed by atoms with Crippen LogP contribution in [0.5, 0.6) is 0 Å². The molecule has 0 bridgehead atoms. The van der Waals surface area contributed by atoms with E-state index >= 15 is 0 Å². The van der Waals surface area contributed by atoms with Crippen LogP contribution in [0, 0.1) is 0 Å². The molecule has 0 aromatic carbocycles. The molecule has 0 aromatic rings. The third-order valence-electron chi connectivity index (χ3n) is 3.17. The largest absolute Gasteiger partial charge is 0.379 e. The van der Waals surface area contributed by atoms with Crippen LogP contribution in [-0.2, 0) is 4.74 Å². The number of hydrazine groups is 2. The summed E-state index contributed by atoms with van der Waals surface area (Å²) in [6, 6.07) is 0. The van der Waals surface area contributed by atoms with Crippen LogP contribution < -0.4 is 10.9 Å². The first-order chi connectivity index (χ1) is 10.3. The van der Waals surface area contributed by atoms with E-state index < -0.39 is 0 Å². The highest BCUT2D eigenvalue weighted by atomic mass is 16.5. The van der Waals surface area contributed by atoms with Gasteiger partial charge in [-0.2, -0.15) is 0 Å². The number of nitrogens with one attached hydrogen (secondary N) is 2. The highest BCUT2D eigenvalue weighted by Crippen LogP contribution is 1.91. The first-order valence-corrected chi connectivity index (χ1v) is 8.83. The monoisotopic (exact) mass is 302 g/mol. The summed E-state index contributed by atoms with van der Waals surface area (Å²) in [7, 11) is 0. The second kappa shape index (κ2) is 16.2. The van der Waals surface area contributed by atoms with Crippen molar-refractivity contribution in [1.82, 2.24) is 20.9 Å². The maximum Gasteiger partial charge on any atom is 0.0608 e. The SMILES string of the molecule is CCCNN(CCC)CCOCCN(CCC)NCCC. The van der Waals surface area contributed by atoms with Crippen molar-refractivity contribution in [1.29, 1.82) is 0 Å². The van der Waals surface area contributed by atoms with Gasteiger partial charge in [0.1, 0.15) is 0 Å². The molecule has 2 N–H and O–H groups in total. The molecule has 0 heterocycles. The number of hydrogen-bond acceptors (Lipinski definition) is 5. The molecule has 0 fully saturated rings. The van der Waals surface area contributed by atoms with E-state index in [4.69, 9.17) is 4.74 Å². The fourth-order valence-corrected chi connectivity index (χ4v) is 2.07. The van der Waals surface area contributed by atoms with Crippen LogP contribution in [0.15, 0.2) is 0 Å². The van der Waals surface area contributed by atoms with Crippen LogP contribution in [0.25, 0.3) is 0 Å². The molecule has 0 aliphatic rings. The van der Waals surface area contributed by atoms with E-state index in [1.54, 1.807) is 0 Å². The molecule has 0 aliphatic heterocycles. The van der Waals surface area contributed by atoms with Gasteiger partial charge in [0.05, 0.1) is 13.2 Å². The van der Waals surface area contributed by atoms with Crippen molar-refractivity contribution < 1.29 is 4.74 Å². The number of ether oxygens (including phenoxy) is 1. The van der Waals surface area contributed by atoms with Gasteiger partial charge in [0.15, 0.2) is 0 Å². The predicted octanol–water partition coefficient (Wildman–Crippen LogP) is 2.26. The average molecular weight is 303 g/mol. The molecule has 0 radical (unpaired) electrons. The lowest BCUT2D eigenvalue weighted by Crippen LogP contribution is -2.42. The van der Waals surface area contributed by atoms with Gasteiger partial charge in [-0.3, -0.25) is 10.9 Å². The van der Waals surface area contributed by atoms with Gasteiger partial charge in [0, 0.05) is 39.3 Å². The van der Waals surface area contributed by atoms with Gasteiger partial charge in [-0.05, 0) is 25.7 Å². The summed E-state index contributed by atoms with van der Waals surface area (Å²) in [6.07, 6.45) is 4.66. The number of rotatable bonds is 16. The zero-order valence-electron chi connectivity index (χ0n) is 14.8. The normalized spacial score (nSPS) is 11.7. The molecule has 0 spiro atoms. The minimum Gasteiger partial charge on any atom is -0.379 e. The van der Waals surface area contributed by atoms with E-state index in [-0.39, 0.29) is 0 Å². The number of hydrogen-bond donors (Lipinski definition) is 2. The van der Waals surface area contributed by atoms with Crippen LogP contribution >= 0.6 is 0 Å². The summed E-state index contributed by atoms with van der Waals surface area (Å²) in [4.78, 5) is 0. The molecule has 0 amide bonds. The van der Waals surface area contributed by atoms with Crippen LogP contribution in [0.3, 0.4) is 0 Å². The lowest BCUT2D eigenvalue weighted by molar-refractivity contribution is 0.0567. The molecule has 0 aliphatic carbocycles. The first kappa shape index (κ1) is 20.8. The van der Waals surface area contributed by atoms with E-state index in [0.29, 0.717) is 0 Å². The smallest absolute Gasteiger partial charge is 0.0608 e. The highest BCUT2D eigenvalue weighted by molar-refractivity contribution is 4.53. The summed E-state index contributed by atoms with van der Waals surface area (Å²) in [5, 5.41) is 4.56.